The summed E-state index contributed by atoms with van der Waals surface area (Å²) in [6, 6.07) is 8.67. The minimum atomic E-state index is -3.94. The molecule has 1 N–H and O–H groups in total. The topological polar surface area (TPSA) is 75.7 Å². The number of hydrogen-bond acceptors (Lipinski definition) is 4. The smallest absolute Gasteiger partial charge is 0.262 e. The number of carbonyl (C=O) groups excluding carboxylic acids is 1. The van der Waals surface area contributed by atoms with Crippen molar-refractivity contribution in [3.63, 3.8) is 0 Å². The van der Waals surface area contributed by atoms with Gasteiger partial charge in [-0.25, -0.2) is 12.8 Å². The van der Waals surface area contributed by atoms with Crippen LogP contribution in [0.3, 0.4) is 0 Å². The number of amides is 1. The van der Waals surface area contributed by atoms with Gasteiger partial charge in [0.05, 0.1) is 11.5 Å². The summed E-state index contributed by atoms with van der Waals surface area (Å²) in [6.07, 6.45) is 2.57. The molecule has 0 radical (unpaired) electrons. The molecule has 8 heteroatoms. The summed E-state index contributed by atoms with van der Waals surface area (Å²) < 4.78 is 46.8. The molecule has 0 unspecified atom stereocenters. The van der Waals surface area contributed by atoms with Gasteiger partial charge < -0.3 is 9.64 Å². The largest absolute Gasteiger partial charge is 0.491 e. The Labute approximate surface area is 163 Å². The molecule has 0 bridgehead atoms. The van der Waals surface area contributed by atoms with Crippen molar-refractivity contribution in [2.45, 2.75) is 31.1 Å². The zero-order chi connectivity index (χ0) is 19.9. The summed E-state index contributed by atoms with van der Waals surface area (Å²) in [5.74, 6) is -0.428. The normalized spacial score (nSPS) is 16.0. The molecule has 6 nitrogen and oxygen atoms in total. The fourth-order valence-electron chi connectivity index (χ4n) is 3.38. The molecule has 2 aromatic carbocycles. The monoisotopic (exact) mass is 404 g/mol. The molecular formula is C20H21FN2O4S. The third-order valence-corrected chi connectivity index (χ3v) is 6.31. The number of benzene rings is 2. The molecule has 4 rings (SSSR count). The van der Waals surface area contributed by atoms with Crippen molar-refractivity contribution >= 4 is 27.3 Å². The predicted molar refractivity (Wildman–Crippen MR) is 104 cm³/mol. The average molecular weight is 404 g/mol. The molecule has 2 aliphatic rings. The summed E-state index contributed by atoms with van der Waals surface area (Å²) in [6.45, 7) is 2.63. The van der Waals surface area contributed by atoms with Crippen LogP contribution in [0.4, 0.5) is 15.8 Å². The minimum absolute atomic E-state index is 0.0133. The number of hydrogen-bond donors (Lipinski definition) is 1. The average Bonchev–Trinajstić information content (AvgIpc) is 3.42. The van der Waals surface area contributed by atoms with Crippen molar-refractivity contribution in [3.8, 4) is 5.75 Å². The van der Waals surface area contributed by atoms with Gasteiger partial charge in [-0.05, 0) is 68.1 Å². The number of sulfonamides is 1. The highest BCUT2D eigenvalue weighted by atomic mass is 32.2. The lowest BCUT2D eigenvalue weighted by atomic mass is 10.1. The fourth-order valence-corrected chi connectivity index (χ4v) is 4.44. The second-order valence-electron chi connectivity index (χ2n) is 6.99. The van der Waals surface area contributed by atoms with Crippen LogP contribution in [-0.4, -0.2) is 27.5 Å². The Morgan fingerprint density at radius 2 is 2.04 bits per heavy atom. The molecule has 1 aliphatic heterocycles. The summed E-state index contributed by atoms with van der Waals surface area (Å²) in [4.78, 5) is 13.9. The van der Waals surface area contributed by atoms with Crippen LogP contribution in [0.25, 0.3) is 0 Å². The number of nitrogens with one attached hydrogen (secondary N) is 1. The quantitative estimate of drug-likeness (QED) is 0.801. The summed E-state index contributed by atoms with van der Waals surface area (Å²) in [5, 5.41) is 0. The zero-order valence-electron chi connectivity index (χ0n) is 15.4. The second-order valence-corrected chi connectivity index (χ2v) is 8.67. The molecule has 0 aromatic heterocycles. The van der Waals surface area contributed by atoms with Gasteiger partial charge in [0.2, 0.25) is 5.91 Å². The van der Waals surface area contributed by atoms with E-state index in [2.05, 4.69) is 4.72 Å². The first-order valence-electron chi connectivity index (χ1n) is 9.28. The third kappa shape index (κ3) is 3.56. The van der Waals surface area contributed by atoms with Crippen LogP contribution < -0.4 is 14.4 Å². The molecule has 148 valence electrons. The molecule has 0 atom stereocenters. The van der Waals surface area contributed by atoms with Crippen molar-refractivity contribution in [1.82, 2.24) is 0 Å². The van der Waals surface area contributed by atoms with Crippen molar-refractivity contribution in [3.05, 3.63) is 47.8 Å². The first-order valence-corrected chi connectivity index (χ1v) is 10.8. The molecule has 1 heterocycles. The zero-order valence-corrected chi connectivity index (χ0v) is 16.3. The van der Waals surface area contributed by atoms with E-state index in [-0.39, 0.29) is 29.1 Å². The van der Waals surface area contributed by atoms with E-state index in [0.717, 1.165) is 30.2 Å². The third-order valence-electron chi connectivity index (χ3n) is 4.93. The molecule has 1 amide bonds. The molecule has 1 saturated carbocycles. The molecule has 1 fully saturated rings. The fraction of sp³-hybridized carbons (Fsp3) is 0.350. The van der Waals surface area contributed by atoms with Crippen LogP contribution >= 0.6 is 0 Å². The Morgan fingerprint density at radius 3 is 2.71 bits per heavy atom. The molecule has 0 spiro atoms. The van der Waals surface area contributed by atoms with Crippen LogP contribution in [0.2, 0.25) is 0 Å². The molecule has 28 heavy (non-hydrogen) atoms. The van der Waals surface area contributed by atoms with Crippen molar-refractivity contribution in [1.29, 1.82) is 0 Å². The lowest BCUT2D eigenvalue weighted by molar-refractivity contribution is -0.119. The summed E-state index contributed by atoms with van der Waals surface area (Å²) >= 11 is 0. The van der Waals surface area contributed by atoms with Crippen molar-refractivity contribution in [2.75, 3.05) is 22.8 Å². The Bertz CT molecular complexity index is 1030. The van der Waals surface area contributed by atoms with Crippen LogP contribution in [0, 0.1) is 11.7 Å². The van der Waals surface area contributed by atoms with E-state index in [1.54, 1.807) is 30.0 Å². The number of ether oxygens (including phenoxy) is 1. The lowest BCUT2D eigenvalue weighted by Crippen LogP contribution is -2.30. The predicted octanol–water partition coefficient (Wildman–Crippen LogP) is 3.32. The molecule has 0 saturated heterocycles. The van der Waals surface area contributed by atoms with Crippen LogP contribution in [0.5, 0.6) is 5.75 Å². The number of rotatable bonds is 6. The van der Waals surface area contributed by atoms with Gasteiger partial charge in [-0.15, -0.1) is 0 Å². The maximum absolute atomic E-state index is 14.0. The summed E-state index contributed by atoms with van der Waals surface area (Å²) in [5.41, 5.74) is 2.15. The van der Waals surface area contributed by atoms with E-state index >= 15 is 0 Å². The van der Waals surface area contributed by atoms with Gasteiger partial charge >= 0.3 is 0 Å². The van der Waals surface area contributed by atoms with E-state index in [1.165, 1.54) is 12.1 Å². The Morgan fingerprint density at radius 1 is 1.25 bits per heavy atom. The van der Waals surface area contributed by atoms with E-state index in [0.29, 0.717) is 18.7 Å². The highest BCUT2D eigenvalue weighted by molar-refractivity contribution is 7.92. The maximum Gasteiger partial charge on any atom is 0.262 e. The lowest BCUT2D eigenvalue weighted by Gasteiger charge is -2.17. The first-order chi connectivity index (χ1) is 13.4. The number of anilines is 2. The Hall–Kier alpha value is -2.61. The second kappa shape index (κ2) is 7.09. The number of fused-ring (bicyclic) bond motifs is 1. The molecule has 1 aliphatic carbocycles. The Balaban J connectivity index is 1.54. The number of halogens is 1. The van der Waals surface area contributed by atoms with Gasteiger partial charge in [-0.1, -0.05) is 0 Å². The van der Waals surface area contributed by atoms with Crippen molar-refractivity contribution < 1.29 is 22.3 Å². The molecular weight excluding hydrogens is 383 g/mol. The SMILES string of the molecule is CCOc1ccc(S(=O)(=O)Nc2ccc3c(c2)CCN3C(=O)C2CC2)cc1F. The van der Waals surface area contributed by atoms with Gasteiger partial charge in [0.15, 0.2) is 11.6 Å². The first kappa shape index (κ1) is 18.7. The maximum atomic E-state index is 14.0. The van der Waals surface area contributed by atoms with E-state index in [9.17, 15) is 17.6 Å². The van der Waals surface area contributed by atoms with Gasteiger partial charge in [-0.3, -0.25) is 9.52 Å². The van der Waals surface area contributed by atoms with Gasteiger partial charge in [-0.2, -0.15) is 0 Å². The van der Waals surface area contributed by atoms with Crippen LogP contribution in [0.15, 0.2) is 41.3 Å². The highest BCUT2D eigenvalue weighted by Gasteiger charge is 2.36. The van der Waals surface area contributed by atoms with E-state index in [4.69, 9.17) is 4.74 Å². The van der Waals surface area contributed by atoms with E-state index < -0.39 is 15.8 Å². The van der Waals surface area contributed by atoms with Crippen LogP contribution in [0.1, 0.15) is 25.3 Å². The van der Waals surface area contributed by atoms with Gasteiger partial charge in [0.1, 0.15) is 0 Å². The molecule has 2 aromatic rings. The standard InChI is InChI=1S/C20H21FN2O4S/c1-2-27-19-8-6-16(12-17(19)21)28(25,26)22-15-5-7-18-14(11-15)9-10-23(18)20(24)13-3-4-13/h5-8,11-13,22H,2-4,9-10H2,1H3. The minimum Gasteiger partial charge on any atom is -0.491 e. The van der Waals surface area contributed by atoms with Gasteiger partial charge in [0, 0.05) is 23.8 Å². The summed E-state index contributed by atoms with van der Waals surface area (Å²) in [7, 11) is -3.94. The highest BCUT2D eigenvalue weighted by Crippen LogP contribution is 2.37. The van der Waals surface area contributed by atoms with Crippen molar-refractivity contribution in [2.24, 2.45) is 5.92 Å². The Kier molecular flexibility index (Phi) is 4.74. The van der Waals surface area contributed by atoms with Crippen LogP contribution in [-0.2, 0) is 21.2 Å². The van der Waals surface area contributed by atoms with Gasteiger partial charge in [0.25, 0.3) is 10.0 Å². The number of carbonyl (C=O) groups is 1. The number of nitrogens with zero attached hydrogens (tertiary/aromatic N) is 1. The van der Waals surface area contributed by atoms with E-state index in [1.807, 2.05) is 0 Å².